The highest BCUT2D eigenvalue weighted by Gasteiger charge is 2.25. The third kappa shape index (κ3) is 2.66. The molecular weight excluding hydrogens is 242 g/mol. The van der Waals surface area contributed by atoms with Gasteiger partial charge in [0.2, 0.25) is 0 Å². The first-order valence-corrected chi connectivity index (χ1v) is 6.64. The van der Waals surface area contributed by atoms with Crippen LogP contribution in [0, 0.1) is 6.92 Å². The van der Waals surface area contributed by atoms with Crippen molar-refractivity contribution >= 4 is 11.5 Å². The van der Waals surface area contributed by atoms with Crippen molar-refractivity contribution in [1.82, 2.24) is 0 Å². The zero-order valence-corrected chi connectivity index (χ0v) is 11.2. The van der Waals surface area contributed by atoms with Gasteiger partial charge in [-0.3, -0.25) is 0 Å². The number of rotatable bonds is 3. The quantitative estimate of drug-likeness (QED) is 0.333. The van der Waals surface area contributed by atoms with Gasteiger partial charge < -0.3 is 20.9 Å². The summed E-state index contributed by atoms with van der Waals surface area (Å²) >= 11 is 0. The summed E-state index contributed by atoms with van der Waals surface area (Å²) in [4.78, 5) is 2.19. The van der Waals surface area contributed by atoms with E-state index in [1.165, 1.54) is 0 Å². The molecule has 0 radical (unpaired) electrons. The first-order valence-electron chi connectivity index (χ1n) is 6.64. The van der Waals surface area contributed by atoms with Crippen molar-refractivity contribution < 1.29 is 10.3 Å². The van der Waals surface area contributed by atoms with Crippen molar-refractivity contribution in [3.63, 3.8) is 0 Å². The van der Waals surface area contributed by atoms with Crippen LogP contribution >= 0.6 is 0 Å². The van der Waals surface area contributed by atoms with Crippen LogP contribution in [0.25, 0.3) is 0 Å². The van der Waals surface area contributed by atoms with E-state index in [-0.39, 0.29) is 18.5 Å². The van der Waals surface area contributed by atoms with Crippen molar-refractivity contribution in [1.29, 1.82) is 0 Å². The summed E-state index contributed by atoms with van der Waals surface area (Å²) in [5.74, 6) is 0.112. The van der Waals surface area contributed by atoms with Gasteiger partial charge in [0.1, 0.15) is 0 Å². The molecule has 19 heavy (non-hydrogen) atoms. The molecule has 0 aliphatic carbocycles. The van der Waals surface area contributed by atoms with E-state index in [9.17, 15) is 5.11 Å². The molecule has 5 nitrogen and oxygen atoms in total. The fourth-order valence-electron chi connectivity index (χ4n) is 2.79. The van der Waals surface area contributed by atoms with E-state index in [1.807, 2.05) is 25.1 Å². The molecule has 1 aromatic rings. The van der Waals surface area contributed by atoms with Gasteiger partial charge >= 0.3 is 0 Å². The smallest absolute Gasteiger partial charge is 0.172 e. The molecule has 1 fully saturated rings. The number of aliphatic hydroxyl groups is 1. The summed E-state index contributed by atoms with van der Waals surface area (Å²) in [7, 11) is 0. The van der Waals surface area contributed by atoms with Gasteiger partial charge in [-0.1, -0.05) is 17.3 Å². The topological polar surface area (TPSA) is 82.1 Å². The van der Waals surface area contributed by atoms with Gasteiger partial charge in [0.05, 0.1) is 18.3 Å². The van der Waals surface area contributed by atoms with Crippen LogP contribution in [0.5, 0.6) is 0 Å². The number of anilines is 1. The average molecular weight is 263 g/mol. The Bertz CT molecular complexity index is 474. The number of oxime groups is 1. The normalized spacial score (nSPS) is 20.6. The molecule has 0 amide bonds. The number of benzene rings is 1. The summed E-state index contributed by atoms with van der Waals surface area (Å²) in [6.45, 7) is 3.03. The van der Waals surface area contributed by atoms with Gasteiger partial charge in [-0.15, -0.1) is 0 Å². The summed E-state index contributed by atoms with van der Waals surface area (Å²) in [5.41, 5.74) is 8.54. The van der Waals surface area contributed by atoms with E-state index in [0.29, 0.717) is 0 Å². The lowest BCUT2D eigenvalue weighted by Gasteiger charge is -2.38. The largest absolute Gasteiger partial charge is 0.409 e. The van der Waals surface area contributed by atoms with E-state index in [4.69, 9.17) is 10.9 Å². The number of para-hydroxylation sites is 1. The third-order valence-electron chi connectivity index (χ3n) is 3.75. The van der Waals surface area contributed by atoms with Gasteiger partial charge in [0.15, 0.2) is 5.84 Å². The number of aryl methyl sites for hydroxylation is 1. The Hall–Kier alpha value is -1.75. The summed E-state index contributed by atoms with van der Waals surface area (Å²) < 4.78 is 0. The molecular formula is C14H21N3O2. The lowest BCUT2D eigenvalue weighted by atomic mass is 9.98. The Balaban J connectivity index is 2.47. The Morgan fingerprint density at radius 2 is 2.26 bits per heavy atom. The maximum Gasteiger partial charge on any atom is 0.172 e. The summed E-state index contributed by atoms with van der Waals surface area (Å²) in [6, 6.07) is 5.86. The first kappa shape index (κ1) is 13.7. The molecule has 1 aliphatic heterocycles. The van der Waals surface area contributed by atoms with Crippen LogP contribution in [0.2, 0.25) is 0 Å². The molecule has 0 spiro atoms. The van der Waals surface area contributed by atoms with Gasteiger partial charge in [-0.05, 0) is 37.8 Å². The fourth-order valence-corrected chi connectivity index (χ4v) is 2.79. The molecule has 1 aromatic carbocycles. The van der Waals surface area contributed by atoms with Crippen molar-refractivity contribution in [3.8, 4) is 0 Å². The molecule has 1 unspecified atom stereocenters. The van der Waals surface area contributed by atoms with Crippen LogP contribution in [0.4, 0.5) is 5.69 Å². The van der Waals surface area contributed by atoms with Crippen molar-refractivity contribution in [3.05, 3.63) is 29.3 Å². The maximum absolute atomic E-state index is 9.55. The van der Waals surface area contributed by atoms with E-state index in [1.54, 1.807) is 0 Å². The number of hydrogen-bond donors (Lipinski definition) is 3. The second kappa shape index (κ2) is 5.93. The Morgan fingerprint density at radius 1 is 1.47 bits per heavy atom. The summed E-state index contributed by atoms with van der Waals surface area (Å²) in [6.07, 6.45) is 3.20. The minimum absolute atomic E-state index is 0.111. The Morgan fingerprint density at radius 3 is 2.95 bits per heavy atom. The van der Waals surface area contributed by atoms with Crippen LogP contribution in [0.3, 0.4) is 0 Å². The van der Waals surface area contributed by atoms with E-state index in [2.05, 4.69) is 10.1 Å². The lowest BCUT2D eigenvalue weighted by Crippen LogP contribution is -2.43. The molecule has 1 saturated heterocycles. The number of aliphatic hydroxyl groups excluding tert-OH is 1. The monoisotopic (exact) mass is 263 g/mol. The van der Waals surface area contributed by atoms with Gasteiger partial charge in [0.25, 0.3) is 0 Å². The average Bonchev–Trinajstić information content (AvgIpc) is 2.46. The SMILES string of the molecule is Cc1cccc(/C(N)=N/O)c1N1CCCCC1CO. The highest BCUT2D eigenvalue weighted by molar-refractivity contribution is 6.02. The van der Waals surface area contributed by atoms with E-state index < -0.39 is 0 Å². The predicted octanol–water partition coefficient (Wildman–Crippen LogP) is 1.44. The maximum atomic E-state index is 9.55. The predicted molar refractivity (Wildman–Crippen MR) is 75.8 cm³/mol. The number of nitrogens with zero attached hydrogens (tertiary/aromatic N) is 2. The second-order valence-electron chi connectivity index (χ2n) is 4.98. The Labute approximate surface area is 113 Å². The minimum atomic E-state index is 0.111. The lowest BCUT2D eigenvalue weighted by molar-refractivity contribution is 0.240. The van der Waals surface area contributed by atoms with Crippen LogP contribution in [-0.2, 0) is 0 Å². The standard InChI is InChI=1S/C14H21N3O2/c1-10-5-4-7-12(14(15)16-19)13(10)17-8-3-2-6-11(17)9-18/h4-5,7,11,18-19H,2-3,6,8-9H2,1H3,(H2,15,16). The van der Waals surface area contributed by atoms with Crippen molar-refractivity contribution in [2.24, 2.45) is 10.9 Å². The molecule has 1 heterocycles. The van der Waals surface area contributed by atoms with Gasteiger partial charge in [-0.2, -0.15) is 0 Å². The van der Waals surface area contributed by atoms with E-state index >= 15 is 0 Å². The first-order chi connectivity index (χ1) is 9.19. The molecule has 1 aliphatic rings. The zero-order chi connectivity index (χ0) is 13.8. The fraction of sp³-hybridized carbons (Fsp3) is 0.500. The number of piperidine rings is 1. The molecule has 0 aromatic heterocycles. The second-order valence-corrected chi connectivity index (χ2v) is 4.98. The van der Waals surface area contributed by atoms with Crippen molar-refractivity contribution in [2.75, 3.05) is 18.1 Å². The molecule has 0 saturated carbocycles. The molecule has 1 atom stereocenters. The van der Waals surface area contributed by atoms with Crippen LogP contribution in [-0.4, -0.2) is 35.3 Å². The number of amidine groups is 1. The van der Waals surface area contributed by atoms with E-state index in [0.717, 1.165) is 42.6 Å². The summed E-state index contributed by atoms with van der Waals surface area (Å²) in [5, 5.41) is 21.6. The molecule has 5 heteroatoms. The minimum Gasteiger partial charge on any atom is -0.409 e. The zero-order valence-electron chi connectivity index (χ0n) is 11.2. The van der Waals surface area contributed by atoms with Crippen LogP contribution in [0.15, 0.2) is 23.4 Å². The number of hydrogen-bond acceptors (Lipinski definition) is 4. The number of nitrogens with two attached hydrogens (primary N) is 1. The highest BCUT2D eigenvalue weighted by Crippen LogP contribution is 2.31. The molecule has 4 N–H and O–H groups in total. The molecule has 104 valence electrons. The van der Waals surface area contributed by atoms with Crippen LogP contribution in [0.1, 0.15) is 30.4 Å². The van der Waals surface area contributed by atoms with Gasteiger partial charge in [0, 0.05) is 12.1 Å². The Kier molecular flexibility index (Phi) is 4.27. The van der Waals surface area contributed by atoms with Crippen molar-refractivity contribution in [2.45, 2.75) is 32.2 Å². The van der Waals surface area contributed by atoms with Crippen LogP contribution < -0.4 is 10.6 Å². The molecule has 0 bridgehead atoms. The van der Waals surface area contributed by atoms with Gasteiger partial charge in [-0.25, -0.2) is 0 Å². The molecule has 2 rings (SSSR count). The highest BCUT2D eigenvalue weighted by atomic mass is 16.4. The third-order valence-corrected chi connectivity index (χ3v) is 3.75.